The van der Waals surface area contributed by atoms with Crippen LogP contribution in [0.4, 0.5) is 5.69 Å². The maximum Gasteiger partial charge on any atom is 0.323 e. The number of nitrogens with one attached hydrogen (secondary N) is 2. The number of hydrogen-bond acceptors (Lipinski definition) is 5. The molecule has 0 aromatic heterocycles. The normalized spacial score (nSPS) is 20.3. The number of nitrogens with zero attached hydrogens (tertiary/aromatic N) is 2. The number of fused-ring (bicyclic) bond motifs is 1. The molecule has 3 rings (SSSR count). The van der Waals surface area contributed by atoms with Crippen molar-refractivity contribution in [1.82, 2.24) is 15.8 Å². The van der Waals surface area contributed by atoms with Gasteiger partial charge in [0.15, 0.2) is 0 Å². The second-order valence-corrected chi connectivity index (χ2v) is 6.65. The first kappa shape index (κ1) is 17.8. The van der Waals surface area contributed by atoms with E-state index in [0.717, 1.165) is 10.2 Å². The average Bonchev–Trinajstić information content (AvgIpc) is 2.86. The van der Waals surface area contributed by atoms with E-state index in [1.807, 2.05) is 19.1 Å². The summed E-state index contributed by atoms with van der Waals surface area (Å²) in [4.78, 5) is 38.5. The van der Waals surface area contributed by atoms with Gasteiger partial charge in [0.2, 0.25) is 0 Å². The zero-order valence-electron chi connectivity index (χ0n) is 13.8. The molecule has 0 bridgehead atoms. The SMILES string of the molecule is CCN1C(=O)[C@@H](NC(=O)C(=O)NN2CCOCC2)c2cc(Br)ccc21. The van der Waals surface area contributed by atoms with Crippen LogP contribution in [0.3, 0.4) is 0 Å². The number of amides is 3. The highest BCUT2D eigenvalue weighted by Crippen LogP contribution is 2.37. The standard InChI is InChI=1S/C16H19BrN4O4/c1-2-21-12-4-3-10(17)9-11(12)13(16(21)24)18-14(22)15(23)19-20-5-7-25-8-6-20/h3-4,9,13H,2,5-8H2,1H3,(H,18,22)(H,19,23)/t13-/m0/s1. The van der Waals surface area contributed by atoms with E-state index in [4.69, 9.17) is 4.74 Å². The van der Waals surface area contributed by atoms with Gasteiger partial charge < -0.3 is 15.0 Å². The van der Waals surface area contributed by atoms with Crippen LogP contribution in [0.25, 0.3) is 0 Å². The summed E-state index contributed by atoms with van der Waals surface area (Å²) >= 11 is 3.37. The highest BCUT2D eigenvalue weighted by Gasteiger charge is 2.38. The van der Waals surface area contributed by atoms with Crippen LogP contribution in [0.15, 0.2) is 22.7 Å². The van der Waals surface area contributed by atoms with E-state index in [1.54, 1.807) is 16.0 Å². The van der Waals surface area contributed by atoms with Gasteiger partial charge in [0, 0.05) is 35.4 Å². The Morgan fingerprint density at radius 1 is 1.28 bits per heavy atom. The molecule has 0 aliphatic carbocycles. The van der Waals surface area contributed by atoms with Crippen molar-refractivity contribution in [3.63, 3.8) is 0 Å². The number of likely N-dealkylation sites (N-methyl/N-ethyl adjacent to an activating group) is 1. The van der Waals surface area contributed by atoms with Gasteiger partial charge in [-0.05, 0) is 25.1 Å². The third-order valence-corrected chi connectivity index (χ3v) is 4.67. The minimum atomic E-state index is -0.865. The molecule has 1 fully saturated rings. The number of halogens is 1. The number of rotatable bonds is 3. The fourth-order valence-corrected chi connectivity index (χ4v) is 3.32. The molecular formula is C16H19BrN4O4. The number of hydrogen-bond donors (Lipinski definition) is 2. The summed E-state index contributed by atoms with van der Waals surface area (Å²) in [6.07, 6.45) is 0. The van der Waals surface area contributed by atoms with Gasteiger partial charge in [0.1, 0.15) is 6.04 Å². The Hall–Kier alpha value is -1.97. The topological polar surface area (TPSA) is 91.0 Å². The Bertz CT molecular complexity index is 705. The zero-order valence-corrected chi connectivity index (χ0v) is 15.3. The van der Waals surface area contributed by atoms with E-state index in [-0.39, 0.29) is 5.91 Å². The van der Waals surface area contributed by atoms with Gasteiger partial charge in [0.25, 0.3) is 5.91 Å². The predicted molar refractivity (Wildman–Crippen MR) is 93.6 cm³/mol. The molecule has 0 saturated carbocycles. The molecule has 8 nitrogen and oxygen atoms in total. The summed E-state index contributed by atoms with van der Waals surface area (Å²) < 4.78 is 5.99. The molecule has 0 spiro atoms. The number of carbonyl (C=O) groups excluding carboxylic acids is 3. The molecular weight excluding hydrogens is 392 g/mol. The van der Waals surface area contributed by atoms with Crippen molar-refractivity contribution in [1.29, 1.82) is 0 Å². The van der Waals surface area contributed by atoms with Crippen LogP contribution in [0.5, 0.6) is 0 Å². The van der Waals surface area contributed by atoms with Crippen molar-refractivity contribution in [2.45, 2.75) is 13.0 Å². The molecule has 0 unspecified atom stereocenters. The lowest BCUT2D eigenvalue weighted by atomic mass is 10.1. The first-order valence-electron chi connectivity index (χ1n) is 8.06. The number of morpholine rings is 1. The fraction of sp³-hybridized carbons (Fsp3) is 0.438. The Balaban J connectivity index is 1.71. The fourth-order valence-electron chi connectivity index (χ4n) is 2.94. The minimum Gasteiger partial charge on any atom is -0.379 e. The van der Waals surface area contributed by atoms with E-state index in [9.17, 15) is 14.4 Å². The van der Waals surface area contributed by atoms with E-state index >= 15 is 0 Å². The summed E-state index contributed by atoms with van der Waals surface area (Å²) in [5.41, 5.74) is 3.96. The molecule has 25 heavy (non-hydrogen) atoms. The Labute approximate surface area is 153 Å². The number of anilines is 1. The summed E-state index contributed by atoms with van der Waals surface area (Å²) in [6.45, 7) is 4.37. The lowest BCUT2D eigenvalue weighted by molar-refractivity contribution is -0.144. The molecule has 1 saturated heterocycles. The largest absolute Gasteiger partial charge is 0.379 e. The Morgan fingerprint density at radius 3 is 2.68 bits per heavy atom. The molecule has 2 aliphatic rings. The van der Waals surface area contributed by atoms with Crippen molar-refractivity contribution in [3.8, 4) is 0 Å². The van der Waals surface area contributed by atoms with E-state index in [2.05, 4.69) is 26.7 Å². The second kappa shape index (κ2) is 7.51. The quantitative estimate of drug-likeness (QED) is 0.700. The number of ether oxygens (including phenoxy) is 1. The third kappa shape index (κ3) is 3.68. The van der Waals surface area contributed by atoms with Crippen LogP contribution >= 0.6 is 15.9 Å². The van der Waals surface area contributed by atoms with Crippen molar-refractivity contribution >= 4 is 39.3 Å². The molecule has 2 aliphatic heterocycles. The minimum absolute atomic E-state index is 0.247. The summed E-state index contributed by atoms with van der Waals surface area (Å²) in [7, 11) is 0. The third-order valence-electron chi connectivity index (χ3n) is 4.17. The number of hydrazine groups is 1. The molecule has 1 atom stereocenters. The zero-order chi connectivity index (χ0) is 18.0. The van der Waals surface area contributed by atoms with Crippen molar-refractivity contribution in [2.75, 3.05) is 37.7 Å². The maximum atomic E-state index is 12.6. The van der Waals surface area contributed by atoms with Crippen molar-refractivity contribution < 1.29 is 19.1 Å². The van der Waals surface area contributed by atoms with Crippen LogP contribution in [-0.4, -0.2) is 55.6 Å². The predicted octanol–water partition coefficient (Wildman–Crippen LogP) is 0.336. The van der Waals surface area contributed by atoms with Crippen molar-refractivity contribution in [2.24, 2.45) is 0 Å². The van der Waals surface area contributed by atoms with Gasteiger partial charge in [0.05, 0.1) is 13.2 Å². The van der Waals surface area contributed by atoms with Gasteiger partial charge in [-0.2, -0.15) is 0 Å². The lowest BCUT2D eigenvalue weighted by Gasteiger charge is -2.26. The number of carbonyl (C=O) groups is 3. The molecule has 3 amide bonds. The first-order chi connectivity index (χ1) is 12.0. The van der Waals surface area contributed by atoms with Crippen LogP contribution in [-0.2, 0) is 19.1 Å². The number of benzene rings is 1. The van der Waals surface area contributed by atoms with Crippen LogP contribution in [0, 0.1) is 0 Å². The monoisotopic (exact) mass is 410 g/mol. The summed E-state index contributed by atoms with van der Waals surface area (Å²) in [5.74, 6) is -1.88. The van der Waals surface area contributed by atoms with Gasteiger partial charge in [-0.15, -0.1) is 0 Å². The van der Waals surface area contributed by atoms with E-state index in [0.29, 0.717) is 38.4 Å². The molecule has 2 N–H and O–H groups in total. The van der Waals surface area contributed by atoms with Gasteiger partial charge in [-0.3, -0.25) is 19.8 Å². The average molecular weight is 411 g/mol. The van der Waals surface area contributed by atoms with Gasteiger partial charge >= 0.3 is 11.8 Å². The second-order valence-electron chi connectivity index (χ2n) is 5.73. The molecule has 134 valence electrons. The first-order valence-corrected chi connectivity index (χ1v) is 8.85. The molecule has 1 aromatic rings. The summed E-state index contributed by atoms with van der Waals surface area (Å²) in [6, 6.07) is 4.58. The molecule has 1 aromatic carbocycles. The van der Waals surface area contributed by atoms with Gasteiger partial charge in [-0.25, -0.2) is 5.01 Å². The molecule has 0 radical (unpaired) electrons. The lowest BCUT2D eigenvalue weighted by Crippen LogP contribution is -2.53. The van der Waals surface area contributed by atoms with Crippen LogP contribution in [0.2, 0.25) is 0 Å². The van der Waals surface area contributed by atoms with Gasteiger partial charge in [-0.1, -0.05) is 15.9 Å². The highest BCUT2D eigenvalue weighted by molar-refractivity contribution is 9.10. The van der Waals surface area contributed by atoms with E-state index < -0.39 is 17.9 Å². The van der Waals surface area contributed by atoms with Crippen LogP contribution < -0.4 is 15.6 Å². The van der Waals surface area contributed by atoms with Crippen molar-refractivity contribution in [3.05, 3.63) is 28.2 Å². The summed E-state index contributed by atoms with van der Waals surface area (Å²) in [5, 5.41) is 4.17. The smallest absolute Gasteiger partial charge is 0.323 e. The maximum absolute atomic E-state index is 12.6. The van der Waals surface area contributed by atoms with Crippen LogP contribution in [0.1, 0.15) is 18.5 Å². The molecule has 2 heterocycles. The highest BCUT2D eigenvalue weighted by atomic mass is 79.9. The van der Waals surface area contributed by atoms with E-state index in [1.165, 1.54) is 0 Å². The Kier molecular flexibility index (Phi) is 5.36. The molecule has 9 heteroatoms. The Morgan fingerprint density at radius 2 is 2.00 bits per heavy atom.